The monoisotopic (exact) mass is 413 g/mol. The molecule has 0 bridgehead atoms. The Kier molecular flexibility index (Phi) is 5.68. The molecule has 146 valence electrons. The molecule has 0 atom stereocenters. The molecule has 0 spiro atoms. The van der Waals surface area contributed by atoms with E-state index in [2.05, 4.69) is 51.5 Å². The van der Waals surface area contributed by atoms with Crippen molar-refractivity contribution in [3.63, 3.8) is 0 Å². The highest BCUT2D eigenvalue weighted by atomic mass is 32.2. The number of carbonyl (C=O) groups excluding carboxylic acids is 1. The number of carbonyl (C=O) groups is 1. The van der Waals surface area contributed by atoms with Gasteiger partial charge < -0.3 is 9.80 Å². The molecule has 0 radical (unpaired) electrons. The third-order valence-electron chi connectivity index (χ3n) is 5.09. The predicted octanol–water partition coefficient (Wildman–Crippen LogP) is 3.39. The molecule has 1 aliphatic heterocycles. The van der Waals surface area contributed by atoms with Gasteiger partial charge in [0.15, 0.2) is 10.3 Å². The Morgan fingerprint density at radius 2 is 1.96 bits per heavy atom. The molecule has 0 saturated carbocycles. The number of thioether (sulfide) groups is 1. The van der Waals surface area contributed by atoms with E-state index in [1.807, 2.05) is 22.7 Å². The van der Waals surface area contributed by atoms with E-state index in [0.29, 0.717) is 5.75 Å². The summed E-state index contributed by atoms with van der Waals surface area (Å²) in [6.45, 7) is 7.38. The fourth-order valence-electron chi connectivity index (χ4n) is 3.31. The van der Waals surface area contributed by atoms with E-state index >= 15 is 0 Å². The number of hydrogen-bond acceptors (Lipinski definition) is 6. The largest absolute Gasteiger partial charge is 0.345 e. The van der Waals surface area contributed by atoms with Crippen LogP contribution in [0.3, 0.4) is 0 Å². The maximum Gasteiger partial charge on any atom is 0.233 e. The van der Waals surface area contributed by atoms with E-state index < -0.39 is 0 Å². The first-order chi connectivity index (χ1) is 13.6. The Hall–Kier alpha value is -2.32. The van der Waals surface area contributed by atoms with Crippen molar-refractivity contribution in [1.29, 1.82) is 0 Å². The minimum Gasteiger partial charge on any atom is -0.345 e. The molecular formula is C20H23N5OS2. The van der Waals surface area contributed by atoms with Crippen molar-refractivity contribution < 1.29 is 4.79 Å². The van der Waals surface area contributed by atoms with Crippen molar-refractivity contribution in [2.45, 2.75) is 19.0 Å². The van der Waals surface area contributed by atoms with Crippen molar-refractivity contribution in [3.8, 4) is 5.69 Å². The lowest BCUT2D eigenvalue weighted by molar-refractivity contribution is -0.128. The molecule has 6 nitrogen and oxygen atoms in total. The highest BCUT2D eigenvalue weighted by Gasteiger charge is 2.23. The summed E-state index contributed by atoms with van der Waals surface area (Å²) in [4.78, 5) is 25.7. The number of benzene rings is 1. The Labute approximate surface area is 173 Å². The summed E-state index contributed by atoms with van der Waals surface area (Å²) in [6, 6.07) is 6.25. The van der Waals surface area contributed by atoms with Gasteiger partial charge in [-0.25, -0.2) is 9.97 Å². The highest BCUT2D eigenvalue weighted by Crippen LogP contribution is 2.25. The van der Waals surface area contributed by atoms with Crippen molar-refractivity contribution in [1.82, 2.24) is 19.4 Å². The molecule has 1 amide bonds. The molecule has 3 aromatic rings. The van der Waals surface area contributed by atoms with Crippen LogP contribution in [0.1, 0.15) is 11.1 Å². The molecule has 1 fully saturated rings. The lowest BCUT2D eigenvalue weighted by Gasteiger charge is -2.34. The molecule has 0 aliphatic carbocycles. The van der Waals surface area contributed by atoms with E-state index in [1.165, 1.54) is 22.9 Å². The number of aryl methyl sites for hydroxylation is 1. The molecule has 0 N–H and O–H groups in total. The van der Waals surface area contributed by atoms with Gasteiger partial charge in [-0.05, 0) is 31.0 Å². The zero-order valence-corrected chi connectivity index (χ0v) is 17.7. The molecule has 28 heavy (non-hydrogen) atoms. The summed E-state index contributed by atoms with van der Waals surface area (Å²) in [5, 5.41) is 3.88. The van der Waals surface area contributed by atoms with Gasteiger partial charge in [0, 0.05) is 50.1 Å². The first-order valence-corrected chi connectivity index (χ1v) is 11.1. The van der Waals surface area contributed by atoms with E-state index in [4.69, 9.17) is 0 Å². The van der Waals surface area contributed by atoms with Crippen LogP contribution >= 0.6 is 23.1 Å². The number of piperazine rings is 1. The summed E-state index contributed by atoms with van der Waals surface area (Å²) in [7, 11) is 0. The van der Waals surface area contributed by atoms with Crippen LogP contribution in [-0.2, 0) is 4.79 Å². The maximum absolute atomic E-state index is 12.7. The van der Waals surface area contributed by atoms with Gasteiger partial charge in [-0.1, -0.05) is 23.9 Å². The molecule has 1 saturated heterocycles. The number of hydrogen-bond donors (Lipinski definition) is 0. The molecule has 4 rings (SSSR count). The third kappa shape index (κ3) is 3.93. The Bertz CT molecular complexity index is 945. The predicted molar refractivity (Wildman–Crippen MR) is 115 cm³/mol. The average molecular weight is 414 g/mol. The highest BCUT2D eigenvalue weighted by molar-refractivity contribution is 7.99. The van der Waals surface area contributed by atoms with Crippen LogP contribution < -0.4 is 4.90 Å². The van der Waals surface area contributed by atoms with Crippen LogP contribution in [0.4, 0.5) is 5.13 Å². The minimum atomic E-state index is 0.166. The lowest BCUT2D eigenvalue weighted by Crippen LogP contribution is -2.49. The summed E-state index contributed by atoms with van der Waals surface area (Å²) < 4.78 is 2.07. The molecule has 1 aromatic carbocycles. The summed E-state index contributed by atoms with van der Waals surface area (Å²) in [5.74, 6) is 0.568. The smallest absolute Gasteiger partial charge is 0.233 e. The number of nitrogens with zero attached hydrogens (tertiary/aromatic N) is 5. The fraction of sp³-hybridized carbons (Fsp3) is 0.350. The zero-order valence-electron chi connectivity index (χ0n) is 16.0. The number of imidazole rings is 1. The quantitative estimate of drug-likeness (QED) is 0.600. The normalized spacial score (nSPS) is 14.5. The van der Waals surface area contributed by atoms with Gasteiger partial charge in [0.25, 0.3) is 0 Å². The lowest BCUT2D eigenvalue weighted by atomic mass is 10.1. The van der Waals surface area contributed by atoms with Crippen molar-refractivity contribution in [3.05, 3.63) is 53.3 Å². The maximum atomic E-state index is 12.7. The molecule has 1 aliphatic rings. The van der Waals surface area contributed by atoms with Crippen LogP contribution in [0.2, 0.25) is 0 Å². The number of rotatable bonds is 5. The van der Waals surface area contributed by atoms with Gasteiger partial charge in [0.2, 0.25) is 5.91 Å². The van der Waals surface area contributed by atoms with E-state index in [9.17, 15) is 4.79 Å². The second-order valence-electron chi connectivity index (χ2n) is 6.77. The van der Waals surface area contributed by atoms with Crippen molar-refractivity contribution in [2.75, 3.05) is 36.8 Å². The Morgan fingerprint density at radius 1 is 1.14 bits per heavy atom. The van der Waals surface area contributed by atoms with Crippen LogP contribution in [0.25, 0.3) is 5.69 Å². The van der Waals surface area contributed by atoms with Crippen LogP contribution in [-0.4, -0.2) is 57.3 Å². The van der Waals surface area contributed by atoms with Crippen molar-refractivity contribution in [2.24, 2.45) is 0 Å². The Balaban J connectivity index is 1.36. The summed E-state index contributed by atoms with van der Waals surface area (Å²) in [5.41, 5.74) is 3.59. The second-order valence-corrected chi connectivity index (χ2v) is 8.59. The van der Waals surface area contributed by atoms with Gasteiger partial charge in [-0.15, -0.1) is 11.3 Å². The minimum absolute atomic E-state index is 0.166. The molecular weight excluding hydrogens is 390 g/mol. The van der Waals surface area contributed by atoms with E-state index in [1.54, 1.807) is 17.5 Å². The summed E-state index contributed by atoms with van der Waals surface area (Å²) >= 11 is 3.15. The number of thiazole rings is 1. The number of amides is 1. The van der Waals surface area contributed by atoms with E-state index in [-0.39, 0.29) is 5.91 Å². The van der Waals surface area contributed by atoms with Crippen LogP contribution in [0.5, 0.6) is 0 Å². The summed E-state index contributed by atoms with van der Waals surface area (Å²) in [6.07, 6.45) is 5.58. The van der Waals surface area contributed by atoms with Gasteiger partial charge in [0.1, 0.15) is 0 Å². The van der Waals surface area contributed by atoms with Crippen LogP contribution in [0.15, 0.2) is 47.3 Å². The van der Waals surface area contributed by atoms with Gasteiger partial charge in [0.05, 0.1) is 11.4 Å². The molecule has 8 heteroatoms. The van der Waals surface area contributed by atoms with Crippen molar-refractivity contribution >= 4 is 34.1 Å². The molecule has 2 aromatic heterocycles. The van der Waals surface area contributed by atoms with Gasteiger partial charge >= 0.3 is 0 Å². The SMILES string of the molecule is Cc1cccc(-n2ccnc2SCC(=O)N2CCN(c3nccs3)CC2)c1C. The van der Waals surface area contributed by atoms with Gasteiger partial charge in [-0.3, -0.25) is 9.36 Å². The standard InChI is InChI=1S/C20H23N5OS2/c1-15-4-3-5-17(16(15)2)25-8-6-21-20(25)28-14-18(26)23-9-11-24(12-10-23)19-22-7-13-27-19/h3-8,13H,9-12,14H2,1-2H3. The fourth-order valence-corrected chi connectivity index (χ4v) is 4.88. The topological polar surface area (TPSA) is 54.3 Å². The third-order valence-corrected chi connectivity index (χ3v) is 6.87. The number of anilines is 1. The first kappa shape index (κ1) is 19.0. The first-order valence-electron chi connectivity index (χ1n) is 9.28. The Morgan fingerprint density at radius 3 is 2.71 bits per heavy atom. The number of aromatic nitrogens is 3. The van der Waals surface area contributed by atoms with Crippen LogP contribution in [0, 0.1) is 13.8 Å². The van der Waals surface area contributed by atoms with Gasteiger partial charge in [-0.2, -0.15) is 0 Å². The zero-order chi connectivity index (χ0) is 19.5. The molecule has 0 unspecified atom stereocenters. The second kappa shape index (κ2) is 8.36. The molecule has 3 heterocycles. The average Bonchev–Trinajstić information content (AvgIpc) is 3.40. The van der Waals surface area contributed by atoms with E-state index in [0.717, 1.165) is 42.2 Å².